The molecule has 0 N–H and O–H groups in total. The number of aryl methyl sites for hydroxylation is 2. The lowest BCUT2D eigenvalue weighted by Crippen LogP contribution is -2.04. The third-order valence-corrected chi connectivity index (χ3v) is 4.75. The third-order valence-electron chi connectivity index (χ3n) is 3.77. The molecule has 0 saturated heterocycles. The van der Waals surface area contributed by atoms with E-state index in [1.165, 1.54) is 23.3 Å². The van der Waals surface area contributed by atoms with Gasteiger partial charge in [-0.2, -0.15) is 13.2 Å². The van der Waals surface area contributed by atoms with E-state index in [1.54, 1.807) is 11.8 Å². The minimum absolute atomic E-state index is 0.436. The highest BCUT2D eigenvalue weighted by Gasteiger charge is 2.30. The Morgan fingerprint density at radius 3 is 2.31 bits per heavy atom. The lowest BCUT2D eigenvalue weighted by molar-refractivity contribution is -0.137. The first-order valence-corrected chi connectivity index (χ1v) is 9.01. The molecule has 0 aliphatic heterocycles. The van der Waals surface area contributed by atoms with Gasteiger partial charge in [0.15, 0.2) is 5.82 Å². The summed E-state index contributed by atoms with van der Waals surface area (Å²) >= 11 is 1.58. The van der Waals surface area contributed by atoms with Crippen LogP contribution in [0.5, 0.6) is 0 Å². The van der Waals surface area contributed by atoms with Crippen LogP contribution < -0.4 is 0 Å². The van der Waals surface area contributed by atoms with E-state index in [4.69, 9.17) is 0 Å². The highest BCUT2D eigenvalue weighted by atomic mass is 32.2. The summed E-state index contributed by atoms with van der Waals surface area (Å²) in [5.41, 5.74) is 3.07. The van der Waals surface area contributed by atoms with Crippen molar-refractivity contribution < 1.29 is 13.2 Å². The normalized spacial score (nSPS) is 11.6. The molecule has 1 heterocycles. The molecule has 2 nitrogen and oxygen atoms in total. The zero-order chi connectivity index (χ0) is 18.7. The summed E-state index contributed by atoms with van der Waals surface area (Å²) < 4.78 is 38.1. The van der Waals surface area contributed by atoms with Crippen LogP contribution in [0.3, 0.4) is 0 Å². The molecule has 0 radical (unpaired) electrons. The predicted octanol–water partition coefficient (Wildman–Crippen LogP) is 6.07. The van der Waals surface area contributed by atoms with Gasteiger partial charge in [0.2, 0.25) is 0 Å². The van der Waals surface area contributed by atoms with Crippen molar-refractivity contribution in [2.45, 2.75) is 30.8 Å². The lowest BCUT2D eigenvalue weighted by Gasteiger charge is -2.09. The smallest absolute Gasteiger partial charge is 0.233 e. The molecular weight excluding hydrogens is 357 g/mol. The minimum Gasteiger partial charge on any atom is -0.233 e. The summed E-state index contributed by atoms with van der Waals surface area (Å²) in [4.78, 5) is 8.86. The Hall–Kier alpha value is -2.34. The first kappa shape index (κ1) is 18.5. The molecule has 1 aromatic heterocycles. The standard InChI is InChI=1S/C20H17F3N2S/c1-13-4-3-5-15(10-13)12-26-18-11-14(2)24-19(25-18)16-6-8-17(9-7-16)20(21,22)23/h3-11H,12H2,1-2H3. The van der Waals surface area contributed by atoms with Gasteiger partial charge >= 0.3 is 6.18 Å². The van der Waals surface area contributed by atoms with Crippen molar-refractivity contribution in [3.8, 4) is 11.4 Å². The summed E-state index contributed by atoms with van der Waals surface area (Å²) in [5, 5.41) is 0.800. The van der Waals surface area contributed by atoms with Crippen molar-refractivity contribution in [3.05, 3.63) is 77.0 Å². The van der Waals surface area contributed by atoms with Crippen molar-refractivity contribution in [2.24, 2.45) is 0 Å². The number of halogens is 3. The van der Waals surface area contributed by atoms with Gasteiger partial charge in [-0.3, -0.25) is 0 Å². The molecule has 26 heavy (non-hydrogen) atoms. The van der Waals surface area contributed by atoms with Crippen LogP contribution in [0.15, 0.2) is 59.6 Å². The molecular formula is C20H17F3N2S. The molecule has 3 rings (SSSR count). The quantitative estimate of drug-likeness (QED) is 0.409. The first-order chi connectivity index (χ1) is 12.3. The number of aromatic nitrogens is 2. The van der Waals surface area contributed by atoms with Gasteiger partial charge in [-0.25, -0.2) is 9.97 Å². The molecule has 2 aromatic carbocycles. The van der Waals surface area contributed by atoms with Crippen LogP contribution in [0.25, 0.3) is 11.4 Å². The van der Waals surface area contributed by atoms with Crippen molar-refractivity contribution in [3.63, 3.8) is 0 Å². The van der Waals surface area contributed by atoms with E-state index in [0.29, 0.717) is 11.4 Å². The fraction of sp³-hybridized carbons (Fsp3) is 0.200. The maximum atomic E-state index is 12.7. The number of hydrogen-bond acceptors (Lipinski definition) is 3. The van der Waals surface area contributed by atoms with Gasteiger partial charge in [-0.05, 0) is 37.6 Å². The van der Waals surface area contributed by atoms with E-state index in [-0.39, 0.29) is 0 Å². The van der Waals surface area contributed by atoms with Gasteiger partial charge < -0.3 is 0 Å². The van der Waals surface area contributed by atoms with E-state index >= 15 is 0 Å². The zero-order valence-corrected chi connectivity index (χ0v) is 15.2. The largest absolute Gasteiger partial charge is 0.416 e. The average molecular weight is 374 g/mol. The number of thioether (sulfide) groups is 1. The zero-order valence-electron chi connectivity index (χ0n) is 14.3. The van der Waals surface area contributed by atoms with Crippen LogP contribution in [0.1, 0.15) is 22.4 Å². The molecule has 0 amide bonds. The van der Waals surface area contributed by atoms with Crippen LogP contribution in [-0.2, 0) is 11.9 Å². The van der Waals surface area contributed by atoms with Crippen molar-refractivity contribution in [1.29, 1.82) is 0 Å². The van der Waals surface area contributed by atoms with Gasteiger partial charge in [-0.1, -0.05) is 42.0 Å². The number of benzene rings is 2. The summed E-state index contributed by atoms with van der Waals surface area (Å²) in [5.74, 6) is 1.20. The van der Waals surface area contributed by atoms with Crippen molar-refractivity contribution in [1.82, 2.24) is 9.97 Å². The molecule has 0 spiro atoms. The molecule has 134 valence electrons. The monoisotopic (exact) mass is 374 g/mol. The Balaban J connectivity index is 1.81. The molecule has 6 heteroatoms. The van der Waals surface area contributed by atoms with Gasteiger partial charge in [0.25, 0.3) is 0 Å². The molecule has 0 bridgehead atoms. The predicted molar refractivity (Wildman–Crippen MR) is 97.9 cm³/mol. The molecule has 0 atom stereocenters. The summed E-state index contributed by atoms with van der Waals surface area (Å²) in [6.07, 6.45) is -4.35. The molecule has 0 aliphatic carbocycles. The van der Waals surface area contributed by atoms with Crippen molar-refractivity contribution in [2.75, 3.05) is 0 Å². The fourth-order valence-electron chi connectivity index (χ4n) is 2.51. The van der Waals surface area contributed by atoms with E-state index in [9.17, 15) is 13.2 Å². The third kappa shape index (κ3) is 4.64. The van der Waals surface area contributed by atoms with E-state index in [2.05, 4.69) is 22.1 Å². The van der Waals surface area contributed by atoms with Crippen LogP contribution in [-0.4, -0.2) is 9.97 Å². The molecule has 0 saturated carbocycles. The number of rotatable bonds is 4. The maximum Gasteiger partial charge on any atom is 0.416 e. The summed E-state index contributed by atoms with van der Waals surface area (Å²) in [6, 6.07) is 15.1. The lowest BCUT2D eigenvalue weighted by atomic mass is 10.1. The van der Waals surface area contributed by atoms with Crippen LogP contribution in [0.4, 0.5) is 13.2 Å². The van der Waals surface area contributed by atoms with Gasteiger partial charge in [0, 0.05) is 17.0 Å². The van der Waals surface area contributed by atoms with E-state index < -0.39 is 11.7 Å². The second-order valence-corrected chi connectivity index (χ2v) is 7.02. The Morgan fingerprint density at radius 1 is 0.923 bits per heavy atom. The van der Waals surface area contributed by atoms with Gasteiger partial charge in [0.1, 0.15) is 5.03 Å². The Bertz CT molecular complexity index is 906. The Kier molecular flexibility index (Phi) is 5.32. The SMILES string of the molecule is Cc1cccc(CSc2cc(C)nc(-c3ccc(C(F)(F)F)cc3)n2)c1. The van der Waals surface area contributed by atoms with Crippen LogP contribution >= 0.6 is 11.8 Å². The van der Waals surface area contributed by atoms with Crippen LogP contribution in [0.2, 0.25) is 0 Å². The summed E-state index contributed by atoms with van der Waals surface area (Å²) in [6.45, 7) is 3.90. The first-order valence-electron chi connectivity index (χ1n) is 8.03. The Labute approximate surface area is 154 Å². The molecule has 0 unspecified atom stereocenters. The highest BCUT2D eigenvalue weighted by molar-refractivity contribution is 7.98. The van der Waals surface area contributed by atoms with E-state index in [1.807, 2.05) is 32.0 Å². The van der Waals surface area contributed by atoms with Crippen LogP contribution in [0, 0.1) is 13.8 Å². The molecule has 3 aromatic rings. The van der Waals surface area contributed by atoms with E-state index in [0.717, 1.165) is 28.6 Å². The highest BCUT2D eigenvalue weighted by Crippen LogP contribution is 2.31. The number of nitrogens with zero attached hydrogens (tertiary/aromatic N) is 2. The second kappa shape index (κ2) is 7.50. The minimum atomic E-state index is -4.35. The van der Waals surface area contributed by atoms with Crippen molar-refractivity contribution >= 4 is 11.8 Å². The topological polar surface area (TPSA) is 25.8 Å². The Morgan fingerprint density at radius 2 is 1.65 bits per heavy atom. The number of alkyl halides is 3. The fourth-order valence-corrected chi connectivity index (χ4v) is 3.41. The van der Waals surface area contributed by atoms with Gasteiger partial charge in [0.05, 0.1) is 5.56 Å². The second-order valence-electron chi connectivity index (χ2n) is 6.02. The molecule has 0 aliphatic rings. The molecule has 0 fully saturated rings. The maximum absolute atomic E-state index is 12.7. The number of hydrogen-bond donors (Lipinski definition) is 0. The van der Waals surface area contributed by atoms with Gasteiger partial charge in [-0.15, -0.1) is 11.8 Å². The average Bonchev–Trinajstić information content (AvgIpc) is 2.59. The summed E-state index contributed by atoms with van der Waals surface area (Å²) in [7, 11) is 0.